The monoisotopic (exact) mass is 502 g/mol. The molecule has 3 aliphatic rings. The number of nitrogens with one attached hydrogen (secondary N) is 2. The Balaban J connectivity index is 1.34. The lowest BCUT2D eigenvalue weighted by molar-refractivity contribution is -0.135. The van der Waals surface area contributed by atoms with E-state index in [1.165, 1.54) is 4.57 Å². The maximum absolute atomic E-state index is 13.7. The van der Waals surface area contributed by atoms with Crippen molar-refractivity contribution in [3.63, 3.8) is 0 Å². The van der Waals surface area contributed by atoms with E-state index in [4.69, 9.17) is 9.47 Å². The van der Waals surface area contributed by atoms with Crippen LogP contribution in [0.1, 0.15) is 43.1 Å². The van der Waals surface area contributed by atoms with E-state index in [1.54, 1.807) is 32.2 Å². The lowest BCUT2D eigenvalue weighted by Crippen LogP contribution is -2.45. The average Bonchev–Trinajstić information content (AvgIpc) is 3.60. The Kier molecular flexibility index (Phi) is 5.29. The van der Waals surface area contributed by atoms with Gasteiger partial charge in [-0.25, -0.2) is 4.98 Å². The van der Waals surface area contributed by atoms with Gasteiger partial charge in [0.1, 0.15) is 23.4 Å². The fourth-order valence-corrected chi connectivity index (χ4v) is 5.82. The van der Waals surface area contributed by atoms with Crippen LogP contribution in [-0.4, -0.2) is 41.0 Å². The Morgan fingerprint density at radius 1 is 1.24 bits per heavy atom. The van der Waals surface area contributed by atoms with E-state index >= 15 is 0 Å². The van der Waals surface area contributed by atoms with Gasteiger partial charge in [-0.15, -0.1) is 0 Å². The molecule has 10 nitrogen and oxygen atoms in total. The molecular weight excluding hydrogens is 476 g/mol. The van der Waals surface area contributed by atoms with Crippen molar-refractivity contribution in [2.75, 3.05) is 19.0 Å². The molecule has 37 heavy (non-hydrogen) atoms. The summed E-state index contributed by atoms with van der Waals surface area (Å²) in [4.78, 5) is 55.8. The van der Waals surface area contributed by atoms with Gasteiger partial charge in [0.2, 0.25) is 17.7 Å². The Hall–Kier alpha value is -4.21. The smallest absolute Gasteiger partial charge is 0.264 e. The number of fused-ring (bicyclic) bond motifs is 3. The molecule has 2 fully saturated rings. The molecule has 1 saturated carbocycles. The molecule has 1 spiro atoms. The standard InChI is InChI=1S/C27H26N4O6/c1-14-28-18-4-3-5-19(23(18)26(35)31(14)20-7-9-22(32)30-25(20)34)29-24(33)17-13-27(17)10-11-37-21-8-6-15(36-2)12-16(21)27/h3-6,8,12,17,20H,7,9-11,13H2,1-2H3,(H,29,33)(H,30,32,34)/t17-,20?,27-/m1/s1. The van der Waals surface area contributed by atoms with Gasteiger partial charge in [0, 0.05) is 23.3 Å². The summed E-state index contributed by atoms with van der Waals surface area (Å²) in [6.45, 7) is 2.18. The summed E-state index contributed by atoms with van der Waals surface area (Å²) in [5.74, 6) is 0.476. The first-order chi connectivity index (χ1) is 17.8. The first-order valence-electron chi connectivity index (χ1n) is 12.3. The number of methoxy groups -OCH3 is 1. The average molecular weight is 503 g/mol. The van der Waals surface area contributed by atoms with Crippen molar-refractivity contribution in [3.05, 3.63) is 58.1 Å². The van der Waals surface area contributed by atoms with Crippen molar-refractivity contribution in [2.24, 2.45) is 5.92 Å². The van der Waals surface area contributed by atoms with E-state index in [0.29, 0.717) is 42.2 Å². The summed E-state index contributed by atoms with van der Waals surface area (Å²) in [7, 11) is 1.60. The number of carbonyl (C=O) groups excluding carboxylic acids is 3. The molecular formula is C27H26N4O6. The number of ether oxygens (including phenoxy) is 2. The molecule has 2 aromatic carbocycles. The fourth-order valence-electron chi connectivity index (χ4n) is 5.82. The molecule has 2 aliphatic heterocycles. The van der Waals surface area contributed by atoms with Gasteiger partial charge in [-0.05, 0) is 56.5 Å². The molecule has 3 atom stereocenters. The van der Waals surface area contributed by atoms with E-state index in [0.717, 1.165) is 11.3 Å². The van der Waals surface area contributed by atoms with E-state index in [2.05, 4.69) is 15.6 Å². The van der Waals surface area contributed by atoms with Crippen molar-refractivity contribution in [3.8, 4) is 11.5 Å². The highest BCUT2D eigenvalue weighted by molar-refractivity contribution is 6.04. The van der Waals surface area contributed by atoms with Crippen molar-refractivity contribution in [1.82, 2.24) is 14.9 Å². The number of amides is 3. The minimum Gasteiger partial charge on any atom is -0.497 e. The number of hydrogen-bond acceptors (Lipinski definition) is 7. The molecule has 1 aliphatic carbocycles. The highest BCUT2D eigenvalue weighted by atomic mass is 16.5. The summed E-state index contributed by atoms with van der Waals surface area (Å²) in [5.41, 5.74) is 0.975. The third-order valence-corrected chi connectivity index (χ3v) is 7.81. The zero-order chi connectivity index (χ0) is 25.9. The van der Waals surface area contributed by atoms with Crippen molar-refractivity contribution in [2.45, 2.75) is 44.1 Å². The van der Waals surface area contributed by atoms with Crippen LogP contribution in [0.25, 0.3) is 10.9 Å². The minimum atomic E-state index is -0.841. The van der Waals surface area contributed by atoms with Gasteiger partial charge >= 0.3 is 0 Å². The Labute approximate surface area is 212 Å². The molecule has 1 aromatic heterocycles. The van der Waals surface area contributed by atoms with Crippen LogP contribution in [-0.2, 0) is 19.8 Å². The number of nitrogens with zero attached hydrogens (tertiary/aromatic N) is 2. The summed E-state index contributed by atoms with van der Waals surface area (Å²) >= 11 is 0. The molecule has 3 amide bonds. The Morgan fingerprint density at radius 3 is 2.86 bits per heavy atom. The highest BCUT2D eigenvalue weighted by Crippen LogP contribution is 2.61. The van der Waals surface area contributed by atoms with Crippen LogP contribution in [0.2, 0.25) is 0 Å². The molecule has 0 bridgehead atoms. The second kappa shape index (κ2) is 8.43. The summed E-state index contributed by atoms with van der Waals surface area (Å²) in [6, 6.07) is 9.91. The summed E-state index contributed by atoms with van der Waals surface area (Å²) < 4.78 is 12.5. The number of aryl methyl sites for hydroxylation is 1. The second-order valence-corrected chi connectivity index (χ2v) is 9.86. The number of anilines is 1. The van der Waals surface area contributed by atoms with Crippen LogP contribution in [0, 0.1) is 12.8 Å². The first-order valence-corrected chi connectivity index (χ1v) is 12.3. The van der Waals surface area contributed by atoms with Crippen molar-refractivity contribution >= 4 is 34.3 Å². The SMILES string of the molecule is COc1ccc2c(c1)[C@@]1(CCO2)C[C@@H]1C(=O)Nc1cccc2nc(C)n(C3CCC(=O)NC3=O)c(=O)c12. The third-order valence-electron chi connectivity index (χ3n) is 7.81. The van der Waals surface area contributed by atoms with Crippen LogP contribution in [0.15, 0.2) is 41.2 Å². The predicted molar refractivity (Wildman–Crippen MR) is 134 cm³/mol. The van der Waals surface area contributed by atoms with E-state index < -0.39 is 17.5 Å². The minimum absolute atomic E-state index is 0.137. The molecule has 1 saturated heterocycles. The largest absolute Gasteiger partial charge is 0.497 e. The van der Waals surface area contributed by atoms with Crippen LogP contribution < -0.4 is 25.7 Å². The molecule has 2 N–H and O–H groups in total. The predicted octanol–water partition coefficient (Wildman–Crippen LogP) is 2.37. The first kappa shape index (κ1) is 23.2. The number of rotatable bonds is 4. The molecule has 0 radical (unpaired) electrons. The Bertz CT molecular complexity index is 1550. The molecule has 3 heterocycles. The molecule has 6 rings (SSSR count). The van der Waals surface area contributed by atoms with Gasteiger partial charge in [-0.3, -0.25) is 29.1 Å². The maximum atomic E-state index is 13.7. The van der Waals surface area contributed by atoms with Crippen LogP contribution in [0.4, 0.5) is 5.69 Å². The van der Waals surface area contributed by atoms with Gasteiger partial charge in [-0.2, -0.15) is 0 Å². The zero-order valence-electron chi connectivity index (χ0n) is 20.5. The molecule has 10 heteroatoms. The van der Waals surface area contributed by atoms with Crippen molar-refractivity contribution in [1.29, 1.82) is 0 Å². The number of imide groups is 1. The van der Waals surface area contributed by atoms with Crippen LogP contribution >= 0.6 is 0 Å². The second-order valence-electron chi connectivity index (χ2n) is 9.86. The third kappa shape index (κ3) is 3.66. The number of aromatic nitrogens is 2. The number of hydrogen-bond donors (Lipinski definition) is 2. The van der Waals surface area contributed by atoms with Crippen LogP contribution in [0.3, 0.4) is 0 Å². The van der Waals surface area contributed by atoms with E-state index in [9.17, 15) is 19.2 Å². The normalized spacial score (nSPS) is 24.3. The van der Waals surface area contributed by atoms with Crippen LogP contribution in [0.5, 0.6) is 11.5 Å². The summed E-state index contributed by atoms with van der Waals surface area (Å²) in [5, 5.41) is 5.49. The quantitative estimate of drug-likeness (QED) is 0.524. The number of carbonyl (C=O) groups is 3. The highest BCUT2D eigenvalue weighted by Gasteiger charge is 2.61. The van der Waals surface area contributed by atoms with E-state index in [1.807, 2.05) is 18.2 Å². The maximum Gasteiger partial charge on any atom is 0.264 e. The number of benzene rings is 2. The van der Waals surface area contributed by atoms with E-state index in [-0.39, 0.29) is 41.4 Å². The van der Waals surface area contributed by atoms with Gasteiger partial charge in [0.15, 0.2) is 0 Å². The zero-order valence-corrected chi connectivity index (χ0v) is 20.5. The lowest BCUT2D eigenvalue weighted by atomic mass is 9.87. The fraction of sp³-hybridized carbons (Fsp3) is 0.370. The Morgan fingerprint density at radius 2 is 2.08 bits per heavy atom. The molecule has 1 unspecified atom stereocenters. The van der Waals surface area contributed by atoms with Crippen molar-refractivity contribution < 1.29 is 23.9 Å². The molecule has 3 aromatic rings. The van der Waals surface area contributed by atoms with Gasteiger partial charge in [0.05, 0.1) is 30.3 Å². The topological polar surface area (TPSA) is 129 Å². The summed E-state index contributed by atoms with van der Waals surface area (Å²) in [6.07, 6.45) is 1.73. The lowest BCUT2D eigenvalue weighted by Gasteiger charge is -2.27. The van der Waals surface area contributed by atoms with Gasteiger partial charge in [-0.1, -0.05) is 6.07 Å². The molecule has 190 valence electrons. The van der Waals surface area contributed by atoms with Gasteiger partial charge < -0.3 is 14.8 Å². The number of piperidine rings is 1. The van der Waals surface area contributed by atoms with Gasteiger partial charge in [0.25, 0.3) is 5.56 Å².